The number of hydrogen-bond acceptors (Lipinski definition) is 7. The van der Waals surface area contributed by atoms with Crippen LogP contribution in [-0.2, 0) is 37.9 Å². The van der Waals surface area contributed by atoms with Crippen LogP contribution in [0.4, 0.5) is 5.69 Å². The number of amides is 1. The van der Waals surface area contributed by atoms with E-state index in [1.807, 2.05) is 61.3 Å². The van der Waals surface area contributed by atoms with Gasteiger partial charge in [-0.25, -0.2) is 13.1 Å². The van der Waals surface area contributed by atoms with Gasteiger partial charge in [0.2, 0.25) is 15.9 Å². The highest BCUT2D eigenvalue weighted by atomic mass is 32.2. The molecular formula is C33H38N4O7S2. The molecule has 1 aliphatic rings. The van der Waals surface area contributed by atoms with Crippen LogP contribution in [0.1, 0.15) is 41.5 Å². The highest BCUT2D eigenvalue weighted by Gasteiger charge is 2.25. The van der Waals surface area contributed by atoms with Gasteiger partial charge in [-0.2, -0.15) is 13.5 Å². The zero-order valence-electron chi connectivity index (χ0n) is 25.8. The lowest BCUT2D eigenvalue weighted by atomic mass is 9.93. The minimum absolute atomic E-state index is 0.0218. The molecule has 244 valence electrons. The number of nitrogens with zero attached hydrogens (tertiary/aromatic N) is 3. The fourth-order valence-corrected chi connectivity index (χ4v) is 7.14. The first-order valence-corrected chi connectivity index (χ1v) is 18.2. The standard InChI is InChI=1S/C33H38N4O7S2/c1-24-8-3-14-32(25(24)2)44-18-7-15-33(38)37-17-6-12-30-29(11-5-13-31(30)37)27-21-34-36(23-27)22-26-9-4-10-28(20-26)46(42,43)35-16-19-45(39,40)41/h3-5,8-11,13-14,20-21,23,35H,6-7,12,15-19,22H2,1-2H3,(H,39,40,41). The van der Waals surface area contributed by atoms with Crippen LogP contribution in [0.2, 0.25) is 0 Å². The summed E-state index contributed by atoms with van der Waals surface area (Å²) in [4.78, 5) is 15.2. The minimum atomic E-state index is -4.29. The zero-order chi connectivity index (χ0) is 32.9. The molecule has 3 aromatic carbocycles. The summed E-state index contributed by atoms with van der Waals surface area (Å²) in [6.07, 6.45) is 6.35. The number of ether oxygens (including phenoxy) is 1. The molecule has 0 atom stereocenters. The molecule has 0 saturated carbocycles. The van der Waals surface area contributed by atoms with Gasteiger partial charge in [0, 0.05) is 37.0 Å². The lowest BCUT2D eigenvalue weighted by Crippen LogP contribution is -2.35. The van der Waals surface area contributed by atoms with Crippen LogP contribution in [0.3, 0.4) is 0 Å². The Balaban J connectivity index is 1.24. The monoisotopic (exact) mass is 666 g/mol. The Morgan fingerprint density at radius 2 is 1.83 bits per heavy atom. The number of hydrogen-bond donors (Lipinski definition) is 2. The average Bonchev–Trinajstić information content (AvgIpc) is 3.48. The highest BCUT2D eigenvalue weighted by molar-refractivity contribution is 7.89. The zero-order valence-corrected chi connectivity index (χ0v) is 27.5. The quantitative estimate of drug-likeness (QED) is 0.156. The number of anilines is 1. The van der Waals surface area contributed by atoms with Gasteiger partial charge in [0.1, 0.15) is 5.75 Å². The first-order chi connectivity index (χ1) is 21.9. The number of nitrogens with one attached hydrogen (secondary N) is 1. The maximum absolute atomic E-state index is 13.3. The second kappa shape index (κ2) is 14.2. The van der Waals surface area contributed by atoms with E-state index in [1.54, 1.807) is 23.0 Å². The summed E-state index contributed by atoms with van der Waals surface area (Å²) in [5, 5.41) is 4.51. The number of sulfonamides is 1. The Kier molecular flexibility index (Phi) is 10.3. The molecule has 1 amide bonds. The maximum Gasteiger partial charge on any atom is 0.266 e. The first kappa shape index (κ1) is 33.3. The third-order valence-corrected chi connectivity index (χ3v) is 10.2. The summed E-state index contributed by atoms with van der Waals surface area (Å²) < 4.78 is 65.9. The lowest BCUT2D eigenvalue weighted by molar-refractivity contribution is -0.118. The molecule has 13 heteroatoms. The van der Waals surface area contributed by atoms with Gasteiger partial charge in [-0.05, 0) is 85.2 Å². The van der Waals surface area contributed by atoms with Crippen LogP contribution in [0.25, 0.3) is 11.1 Å². The molecule has 2 heterocycles. The van der Waals surface area contributed by atoms with Crippen molar-refractivity contribution in [2.45, 2.75) is 51.0 Å². The fraction of sp³-hybridized carbons (Fsp3) is 0.333. The van der Waals surface area contributed by atoms with Crippen LogP contribution in [0.15, 0.2) is 78.0 Å². The number of rotatable bonds is 13. The summed E-state index contributed by atoms with van der Waals surface area (Å²) in [5.41, 5.74) is 6.86. The Morgan fingerprint density at radius 3 is 2.63 bits per heavy atom. The second-order valence-corrected chi connectivity index (χ2v) is 14.7. The molecular weight excluding hydrogens is 629 g/mol. The van der Waals surface area contributed by atoms with Crippen LogP contribution < -0.4 is 14.4 Å². The summed E-state index contributed by atoms with van der Waals surface area (Å²) in [7, 11) is -8.27. The largest absolute Gasteiger partial charge is 0.493 e. The van der Waals surface area contributed by atoms with E-state index in [0.717, 1.165) is 46.5 Å². The topological polar surface area (TPSA) is 148 Å². The van der Waals surface area contributed by atoms with Crippen molar-refractivity contribution >= 4 is 31.7 Å². The van der Waals surface area contributed by atoms with Crippen molar-refractivity contribution in [1.82, 2.24) is 14.5 Å². The Hall–Kier alpha value is -4.04. The fourth-order valence-electron chi connectivity index (χ4n) is 5.55. The molecule has 0 unspecified atom stereocenters. The molecule has 0 saturated heterocycles. The number of aryl methyl sites for hydroxylation is 1. The number of fused-ring (bicyclic) bond motifs is 1. The Bertz CT molecular complexity index is 1940. The molecule has 0 fully saturated rings. The van der Waals surface area contributed by atoms with Crippen LogP contribution >= 0.6 is 0 Å². The lowest BCUT2D eigenvalue weighted by Gasteiger charge is -2.31. The summed E-state index contributed by atoms with van der Waals surface area (Å²) in [5.74, 6) is 0.200. The molecule has 0 spiro atoms. The number of carbonyl (C=O) groups is 1. The minimum Gasteiger partial charge on any atom is -0.493 e. The smallest absolute Gasteiger partial charge is 0.266 e. The van der Waals surface area contributed by atoms with Gasteiger partial charge < -0.3 is 9.64 Å². The molecule has 5 rings (SSSR count). The van der Waals surface area contributed by atoms with Gasteiger partial charge in [0.25, 0.3) is 10.1 Å². The van der Waals surface area contributed by atoms with E-state index in [9.17, 15) is 21.6 Å². The van der Waals surface area contributed by atoms with E-state index in [1.165, 1.54) is 17.7 Å². The maximum atomic E-state index is 13.3. The van der Waals surface area contributed by atoms with Crippen molar-refractivity contribution in [3.8, 4) is 16.9 Å². The van der Waals surface area contributed by atoms with Crippen LogP contribution in [0.5, 0.6) is 5.75 Å². The summed E-state index contributed by atoms with van der Waals surface area (Å²) >= 11 is 0. The van der Waals surface area contributed by atoms with E-state index < -0.39 is 32.4 Å². The molecule has 2 N–H and O–H groups in total. The molecule has 46 heavy (non-hydrogen) atoms. The van der Waals surface area contributed by atoms with Gasteiger partial charge in [-0.1, -0.05) is 36.4 Å². The average molecular weight is 667 g/mol. The van der Waals surface area contributed by atoms with Gasteiger partial charge in [0.15, 0.2) is 0 Å². The number of benzene rings is 3. The molecule has 1 aliphatic heterocycles. The van der Waals surface area contributed by atoms with E-state index >= 15 is 0 Å². The molecule has 4 aromatic rings. The highest BCUT2D eigenvalue weighted by Crippen LogP contribution is 2.36. The Labute approximate surface area is 270 Å². The van der Waals surface area contributed by atoms with Crippen molar-refractivity contribution < 1.29 is 30.9 Å². The van der Waals surface area contributed by atoms with E-state index in [2.05, 4.69) is 9.82 Å². The number of carbonyl (C=O) groups excluding carboxylic acids is 1. The molecule has 1 aromatic heterocycles. The van der Waals surface area contributed by atoms with Gasteiger partial charge in [0.05, 0.1) is 30.0 Å². The third kappa shape index (κ3) is 8.21. The summed E-state index contributed by atoms with van der Waals surface area (Å²) in [6.45, 7) is 5.07. The molecule has 0 radical (unpaired) electrons. The van der Waals surface area contributed by atoms with Crippen molar-refractivity contribution in [3.05, 3.63) is 95.3 Å². The third-order valence-electron chi connectivity index (χ3n) is 8.05. The van der Waals surface area contributed by atoms with Crippen LogP contribution in [-0.4, -0.2) is 62.5 Å². The predicted octanol–water partition coefficient (Wildman–Crippen LogP) is 4.52. The molecule has 0 bridgehead atoms. The second-order valence-electron chi connectivity index (χ2n) is 11.4. The molecule has 0 aliphatic carbocycles. The van der Waals surface area contributed by atoms with Crippen molar-refractivity contribution in [2.75, 3.05) is 30.3 Å². The first-order valence-electron chi connectivity index (χ1n) is 15.1. The van der Waals surface area contributed by atoms with Crippen molar-refractivity contribution in [2.24, 2.45) is 0 Å². The van der Waals surface area contributed by atoms with Crippen LogP contribution in [0, 0.1) is 13.8 Å². The van der Waals surface area contributed by atoms with Crippen molar-refractivity contribution in [3.63, 3.8) is 0 Å². The van der Waals surface area contributed by atoms with E-state index in [0.29, 0.717) is 38.1 Å². The summed E-state index contributed by atoms with van der Waals surface area (Å²) in [6, 6.07) is 18.2. The normalized spacial score (nSPS) is 13.4. The molecule has 11 nitrogen and oxygen atoms in total. The SMILES string of the molecule is Cc1cccc(OCCCC(=O)N2CCCc3c(-c4cnn(Cc5cccc(S(=O)(=O)NCCS(=O)(=O)O)c5)c4)cccc32)c1C. The Morgan fingerprint density at radius 1 is 1.04 bits per heavy atom. The number of aromatic nitrogens is 2. The van der Waals surface area contributed by atoms with E-state index in [4.69, 9.17) is 9.29 Å². The van der Waals surface area contributed by atoms with Crippen molar-refractivity contribution in [1.29, 1.82) is 0 Å². The van der Waals surface area contributed by atoms with Gasteiger partial charge in [-0.15, -0.1) is 0 Å². The van der Waals surface area contributed by atoms with Gasteiger partial charge >= 0.3 is 0 Å². The van der Waals surface area contributed by atoms with Gasteiger partial charge in [-0.3, -0.25) is 14.0 Å². The van der Waals surface area contributed by atoms with E-state index in [-0.39, 0.29) is 10.8 Å². The predicted molar refractivity (Wildman–Crippen MR) is 176 cm³/mol.